The number of piperidine rings is 1. The van der Waals surface area contributed by atoms with Crippen molar-refractivity contribution in [3.8, 4) is 5.75 Å². The average Bonchev–Trinajstić information content (AvgIpc) is 3.15. The molecule has 3 rings (SSSR count). The average molecular weight is 342 g/mol. The van der Waals surface area contributed by atoms with Gasteiger partial charge in [-0.05, 0) is 56.2 Å². The lowest BCUT2D eigenvalue weighted by Gasteiger charge is -2.36. The lowest BCUT2D eigenvalue weighted by Crippen LogP contribution is -2.44. The largest absolute Gasteiger partial charge is 0.508 e. The highest BCUT2D eigenvalue weighted by Crippen LogP contribution is 2.23. The van der Waals surface area contributed by atoms with E-state index in [-0.39, 0.29) is 5.91 Å². The smallest absolute Gasteiger partial charge is 0.222 e. The Morgan fingerprint density at radius 3 is 2.84 bits per heavy atom. The van der Waals surface area contributed by atoms with Crippen LogP contribution in [0.4, 0.5) is 0 Å². The minimum Gasteiger partial charge on any atom is -0.508 e. The van der Waals surface area contributed by atoms with Gasteiger partial charge in [-0.2, -0.15) is 5.10 Å². The van der Waals surface area contributed by atoms with Crippen LogP contribution in [-0.2, 0) is 17.8 Å². The van der Waals surface area contributed by atoms with Gasteiger partial charge in [0, 0.05) is 25.6 Å². The standard InChI is InChI=1S/C19H26N4O2/c24-18-10-7-16(8-11-18)6-9-17-4-1-2-13-23(17)19(25)5-3-12-22-15-20-14-21-22/h7-8,10-11,14-15,17,24H,1-6,9,12-13H2/t17-/m1/s1. The Morgan fingerprint density at radius 2 is 2.08 bits per heavy atom. The SMILES string of the molecule is O=C(CCCn1cncn1)N1CCCC[C@@H]1CCc1ccc(O)cc1. The molecule has 25 heavy (non-hydrogen) atoms. The number of carbonyl (C=O) groups excluding carboxylic acids is 1. The van der Waals surface area contributed by atoms with Crippen LogP contribution < -0.4 is 0 Å². The van der Waals surface area contributed by atoms with Gasteiger partial charge in [0.1, 0.15) is 18.4 Å². The summed E-state index contributed by atoms with van der Waals surface area (Å²) in [6.45, 7) is 1.61. The zero-order valence-corrected chi connectivity index (χ0v) is 14.5. The molecule has 0 aliphatic carbocycles. The molecule has 0 bridgehead atoms. The van der Waals surface area contributed by atoms with Crippen LogP contribution in [-0.4, -0.2) is 43.3 Å². The minimum atomic E-state index is 0.260. The van der Waals surface area contributed by atoms with E-state index in [1.54, 1.807) is 23.1 Å². The van der Waals surface area contributed by atoms with Crippen LogP contribution in [0, 0.1) is 0 Å². The van der Waals surface area contributed by atoms with Crippen LogP contribution in [0.5, 0.6) is 5.75 Å². The monoisotopic (exact) mass is 342 g/mol. The number of carbonyl (C=O) groups is 1. The fourth-order valence-electron chi connectivity index (χ4n) is 3.51. The van der Waals surface area contributed by atoms with E-state index in [9.17, 15) is 9.90 Å². The number of nitrogens with zero attached hydrogens (tertiary/aromatic N) is 4. The van der Waals surface area contributed by atoms with Crippen molar-refractivity contribution in [3.63, 3.8) is 0 Å². The first-order chi connectivity index (χ1) is 12.2. The van der Waals surface area contributed by atoms with Crippen LogP contribution in [0.25, 0.3) is 0 Å². The summed E-state index contributed by atoms with van der Waals surface area (Å²) in [7, 11) is 0. The van der Waals surface area contributed by atoms with Crippen molar-refractivity contribution in [2.45, 2.75) is 57.5 Å². The summed E-state index contributed by atoms with van der Waals surface area (Å²) in [5.74, 6) is 0.557. The second-order valence-corrected chi connectivity index (χ2v) is 6.70. The fraction of sp³-hybridized carbons (Fsp3) is 0.526. The zero-order chi connectivity index (χ0) is 17.5. The third-order valence-electron chi connectivity index (χ3n) is 4.89. The summed E-state index contributed by atoms with van der Waals surface area (Å²) in [5.41, 5.74) is 1.21. The topological polar surface area (TPSA) is 71.2 Å². The van der Waals surface area contributed by atoms with Crippen molar-refractivity contribution in [1.29, 1.82) is 0 Å². The van der Waals surface area contributed by atoms with Gasteiger partial charge in [-0.3, -0.25) is 9.48 Å². The van der Waals surface area contributed by atoms with Crippen molar-refractivity contribution in [3.05, 3.63) is 42.5 Å². The Hall–Kier alpha value is -2.37. The number of phenols is 1. The Balaban J connectivity index is 1.49. The van der Waals surface area contributed by atoms with Gasteiger partial charge in [0.2, 0.25) is 5.91 Å². The molecule has 0 unspecified atom stereocenters. The molecule has 1 N–H and O–H groups in total. The molecule has 0 spiro atoms. The van der Waals surface area contributed by atoms with E-state index in [4.69, 9.17) is 0 Å². The zero-order valence-electron chi connectivity index (χ0n) is 14.5. The van der Waals surface area contributed by atoms with E-state index >= 15 is 0 Å². The van der Waals surface area contributed by atoms with E-state index in [2.05, 4.69) is 15.0 Å². The molecule has 2 aromatic rings. The quantitative estimate of drug-likeness (QED) is 0.840. The number of hydrogen-bond donors (Lipinski definition) is 1. The predicted octanol–water partition coefficient (Wildman–Crippen LogP) is 2.78. The maximum absolute atomic E-state index is 12.6. The van der Waals surface area contributed by atoms with Gasteiger partial charge in [0.05, 0.1) is 0 Å². The third-order valence-corrected chi connectivity index (χ3v) is 4.89. The summed E-state index contributed by atoms with van der Waals surface area (Å²) in [4.78, 5) is 18.7. The molecule has 1 atom stereocenters. The molecule has 0 saturated carbocycles. The van der Waals surface area contributed by atoms with Crippen LogP contribution in [0.1, 0.15) is 44.1 Å². The van der Waals surface area contributed by atoms with Gasteiger partial charge in [-0.25, -0.2) is 4.98 Å². The van der Waals surface area contributed by atoms with E-state index in [0.29, 0.717) is 18.2 Å². The number of aromatic hydroxyl groups is 1. The van der Waals surface area contributed by atoms with Crippen molar-refractivity contribution >= 4 is 5.91 Å². The molecule has 134 valence electrons. The van der Waals surface area contributed by atoms with Crippen LogP contribution in [0.15, 0.2) is 36.9 Å². The lowest BCUT2D eigenvalue weighted by molar-refractivity contribution is -0.135. The highest BCUT2D eigenvalue weighted by molar-refractivity contribution is 5.76. The van der Waals surface area contributed by atoms with Crippen LogP contribution in [0.2, 0.25) is 0 Å². The number of benzene rings is 1. The van der Waals surface area contributed by atoms with Gasteiger partial charge < -0.3 is 10.0 Å². The maximum Gasteiger partial charge on any atom is 0.222 e. The van der Waals surface area contributed by atoms with Crippen LogP contribution in [0.3, 0.4) is 0 Å². The number of rotatable bonds is 7. The fourth-order valence-corrected chi connectivity index (χ4v) is 3.51. The summed E-state index contributed by atoms with van der Waals surface area (Å²) in [5, 5.41) is 13.4. The highest BCUT2D eigenvalue weighted by atomic mass is 16.3. The van der Waals surface area contributed by atoms with Gasteiger partial charge in [0.25, 0.3) is 0 Å². The molecule has 6 heteroatoms. The Labute approximate surface area is 148 Å². The molecule has 1 saturated heterocycles. The van der Waals surface area contributed by atoms with Crippen molar-refractivity contribution in [2.24, 2.45) is 0 Å². The molecule has 6 nitrogen and oxygen atoms in total. The highest BCUT2D eigenvalue weighted by Gasteiger charge is 2.25. The molecule has 0 radical (unpaired) electrons. The van der Waals surface area contributed by atoms with Crippen molar-refractivity contribution < 1.29 is 9.90 Å². The molecule has 1 amide bonds. The number of phenolic OH excluding ortho intramolecular Hbond substituents is 1. The lowest BCUT2D eigenvalue weighted by atomic mass is 9.95. The maximum atomic E-state index is 12.6. The molecule has 1 aromatic heterocycles. The van der Waals surface area contributed by atoms with E-state index in [0.717, 1.165) is 45.2 Å². The predicted molar refractivity (Wildman–Crippen MR) is 95.0 cm³/mol. The van der Waals surface area contributed by atoms with Gasteiger partial charge >= 0.3 is 0 Å². The molecule has 1 aromatic carbocycles. The van der Waals surface area contributed by atoms with E-state index in [1.807, 2.05) is 12.1 Å². The number of likely N-dealkylation sites (tertiary alicyclic amines) is 1. The Kier molecular flexibility index (Phi) is 6.04. The number of aryl methyl sites for hydroxylation is 2. The molecule has 2 heterocycles. The van der Waals surface area contributed by atoms with Gasteiger partial charge in [-0.1, -0.05) is 12.1 Å². The molecule has 1 fully saturated rings. The number of aromatic nitrogens is 3. The number of amides is 1. The summed E-state index contributed by atoms with van der Waals surface area (Å²) < 4.78 is 1.77. The molecule has 1 aliphatic heterocycles. The molecular weight excluding hydrogens is 316 g/mol. The van der Waals surface area contributed by atoms with E-state index in [1.165, 1.54) is 18.3 Å². The Bertz CT molecular complexity index is 655. The Morgan fingerprint density at radius 1 is 1.24 bits per heavy atom. The first-order valence-electron chi connectivity index (χ1n) is 9.12. The van der Waals surface area contributed by atoms with Gasteiger partial charge in [-0.15, -0.1) is 0 Å². The van der Waals surface area contributed by atoms with Crippen molar-refractivity contribution in [2.75, 3.05) is 6.54 Å². The van der Waals surface area contributed by atoms with E-state index < -0.39 is 0 Å². The minimum absolute atomic E-state index is 0.260. The normalized spacial score (nSPS) is 17.6. The summed E-state index contributed by atoms with van der Waals surface area (Å²) >= 11 is 0. The molecular formula is C19H26N4O2. The summed E-state index contributed by atoms with van der Waals surface area (Å²) in [6, 6.07) is 7.71. The second-order valence-electron chi connectivity index (χ2n) is 6.70. The van der Waals surface area contributed by atoms with Crippen LogP contribution >= 0.6 is 0 Å². The number of hydrogen-bond acceptors (Lipinski definition) is 4. The first kappa shape index (κ1) is 17.5. The van der Waals surface area contributed by atoms with Crippen molar-refractivity contribution in [1.82, 2.24) is 19.7 Å². The second kappa shape index (κ2) is 8.65. The molecule has 1 aliphatic rings. The first-order valence-corrected chi connectivity index (χ1v) is 9.12. The van der Waals surface area contributed by atoms with Gasteiger partial charge in [0.15, 0.2) is 0 Å². The summed E-state index contributed by atoms with van der Waals surface area (Å²) in [6.07, 6.45) is 9.88. The third kappa shape index (κ3) is 5.05.